The summed E-state index contributed by atoms with van der Waals surface area (Å²) in [6.45, 7) is 6.27. The summed E-state index contributed by atoms with van der Waals surface area (Å²) in [4.78, 5) is 16.5. The van der Waals surface area contributed by atoms with Gasteiger partial charge < -0.3 is 10.1 Å². The highest BCUT2D eigenvalue weighted by Crippen LogP contribution is 2.29. The summed E-state index contributed by atoms with van der Waals surface area (Å²) < 4.78 is 7.27. The first-order chi connectivity index (χ1) is 10.1. The van der Waals surface area contributed by atoms with Crippen LogP contribution in [0.1, 0.15) is 20.8 Å². The summed E-state index contributed by atoms with van der Waals surface area (Å²) >= 11 is 3.25. The number of rotatable bonds is 7. The van der Waals surface area contributed by atoms with Crippen molar-refractivity contribution in [2.75, 3.05) is 12.4 Å². The zero-order chi connectivity index (χ0) is 15.2. The number of thioether (sulfide) groups is 1. The molecule has 0 fully saturated rings. The Kier molecular flexibility index (Phi) is 6.02. The zero-order valence-corrected chi connectivity index (χ0v) is 14.1. The van der Waals surface area contributed by atoms with Gasteiger partial charge >= 0.3 is 5.97 Å². The minimum Gasteiger partial charge on any atom is -0.465 e. The molecule has 1 N–H and O–H groups in total. The van der Waals surface area contributed by atoms with E-state index in [4.69, 9.17) is 4.74 Å². The second-order valence-electron chi connectivity index (χ2n) is 4.88. The molecule has 1 atom stereocenters. The number of ether oxygens (including phenoxy) is 1. The molecule has 0 amide bonds. The van der Waals surface area contributed by atoms with Crippen LogP contribution in [-0.4, -0.2) is 35.4 Å². The maximum absolute atomic E-state index is 12.0. The number of fused-ring (bicyclic) bond motifs is 1. The summed E-state index contributed by atoms with van der Waals surface area (Å²) in [6, 6.07) is 7.99. The zero-order valence-electron chi connectivity index (χ0n) is 12.5. The van der Waals surface area contributed by atoms with Crippen LogP contribution in [0.5, 0.6) is 0 Å². The van der Waals surface area contributed by atoms with Crippen LogP contribution in [0.25, 0.3) is 10.2 Å². The summed E-state index contributed by atoms with van der Waals surface area (Å²) in [7, 11) is 0. The van der Waals surface area contributed by atoms with Crippen molar-refractivity contribution in [3.8, 4) is 0 Å². The molecule has 1 heterocycles. The van der Waals surface area contributed by atoms with E-state index in [1.807, 2.05) is 39.0 Å². The van der Waals surface area contributed by atoms with Crippen molar-refractivity contribution in [2.45, 2.75) is 37.2 Å². The monoisotopic (exact) mass is 324 g/mol. The molecule has 2 aromatic rings. The molecule has 0 aliphatic carbocycles. The minimum atomic E-state index is -0.304. The molecule has 0 radical (unpaired) electrons. The molecule has 0 bridgehead atoms. The van der Waals surface area contributed by atoms with E-state index in [2.05, 4.69) is 16.4 Å². The molecule has 4 nitrogen and oxygen atoms in total. The molecular formula is C15H20N2O2S2. The summed E-state index contributed by atoms with van der Waals surface area (Å²) in [5.41, 5.74) is 1.01. The van der Waals surface area contributed by atoms with E-state index in [1.54, 1.807) is 23.1 Å². The Morgan fingerprint density at radius 3 is 2.86 bits per heavy atom. The van der Waals surface area contributed by atoms with Crippen LogP contribution in [0.3, 0.4) is 0 Å². The van der Waals surface area contributed by atoms with Gasteiger partial charge in [0.2, 0.25) is 0 Å². The predicted octanol–water partition coefficient (Wildman–Crippen LogP) is 3.32. The summed E-state index contributed by atoms with van der Waals surface area (Å²) in [5, 5.41) is 3.25. The van der Waals surface area contributed by atoms with Crippen LogP contribution in [0, 0.1) is 0 Å². The van der Waals surface area contributed by atoms with E-state index < -0.39 is 0 Å². The van der Waals surface area contributed by atoms with Crippen LogP contribution < -0.4 is 5.32 Å². The molecule has 0 spiro atoms. The van der Waals surface area contributed by atoms with E-state index in [9.17, 15) is 4.79 Å². The van der Waals surface area contributed by atoms with Crippen LogP contribution in [-0.2, 0) is 9.53 Å². The number of nitrogens with zero attached hydrogens (tertiary/aromatic N) is 1. The van der Waals surface area contributed by atoms with Crippen molar-refractivity contribution in [3.05, 3.63) is 24.3 Å². The van der Waals surface area contributed by atoms with Gasteiger partial charge in [-0.25, -0.2) is 4.98 Å². The van der Waals surface area contributed by atoms with Gasteiger partial charge in [0, 0.05) is 11.8 Å². The molecule has 1 aromatic heterocycles. The quantitative estimate of drug-likeness (QED) is 0.625. The molecule has 0 aliphatic heterocycles. The lowest BCUT2D eigenvalue weighted by molar-refractivity contribution is -0.145. The summed E-state index contributed by atoms with van der Waals surface area (Å²) in [6.07, 6.45) is 0. The Labute approximate surface area is 133 Å². The molecule has 0 saturated heterocycles. The van der Waals surface area contributed by atoms with Crippen molar-refractivity contribution in [1.82, 2.24) is 10.3 Å². The van der Waals surface area contributed by atoms with E-state index in [1.165, 1.54) is 4.70 Å². The normalized spacial score (nSPS) is 12.8. The number of nitrogens with one attached hydrogen (secondary N) is 1. The number of benzene rings is 1. The maximum atomic E-state index is 12.0. The van der Waals surface area contributed by atoms with Gasteiger partial charge in [-0.05, 0) is 19.1 Å². The smallest absolute Gasteiger partial charge is 0.324 e. The fourth-order valence-corrected chi connectivity index (χ4v) is 4.01. The van der Waals surface area contributed by atoms with Crippen LogP contribution in [0.2, 0.25) is 0 Å². The molecule has 0 saturated carbocycles. The number of para-hydroxylation sites is 1. The predicted molar refractivity (Wildman–Crippen MR) is 89.0 cm³/mol. The molecule has 0 aliphatic rings. The number of aromatic nitrogens is 1. The highest BCUT2D eigenvalue weighted by atomic mass is 32.2. The Morgan fingerprint density at radius 2 is 2.19 bits per heavy atom. The molecule has 114 valence electrons. The first kappa shape index (κ1) is 16.3. The van der Waals surface area contributed by atoms with Gasteiger partial charge in [-0.1, -0.05) is 37.7 Å². The fourth-order valence-electron chi connectivity index (χ4n) is 1.90. The summed E-state index contributed by atoms with van der Waals surface area (Å²) in [5.74, 6) is 0.427. The number of carbonyl (C=O) groups is 1. The molecule has 6 heteroatoms. The lowest BCUT2D eigenvalue weighted by Gasteiger charge is -2.18. The Hall–Kier alpha value is -1.11. The highest BCUT2D eigenvalue weighted by molar-refractivity contribution is 8.01. The Morgan fingerprint density at radius 1 is 1.43 bits per heavy atom. The van der Waals surface area contributed by atoms with Gasteiger partial charge in [0.1, 0.15) is 6.04 Å². The average Bonchev–Trinajstić information content (AvgIpc) is 2.86. The van der Waals surface area contributed by atoms with Gasteiger partial charge in [-0.2, -0.15) is 0 Å². The largest absolute Gasteiger partial charge is 0.465 e. The van der Waals surface area contributed by atoms with E-state index in [0.29, 0.717) is 12.4 Å². The average molecular weight is 324 g/mol. The lowest BCUT2D eigenvalue weighted by atomic mass is 10.3. The van der Waals surface area contributed by atoms with E-state index >= 15 is 0 Å². The maximum Gasteiger partial charge on any atom is 0.324 e. The second-order valence-corrected chi connectivity index (χ2v) is 7.18. The van der Waals surface area contributed by atoms with Gasteiger partial charge in [0.15, 0.2) is 4.34 Å². The van der Waals surface area contributed by atoms with Gasteiger partial charge in [0.05, 0.1) is 16.8 Å². The molecular weight excluding hydrogens is 304 g/mol. The Bertz CT molecular complexity index is 565. The third-order valence-corrected chi connectivity index (χ3v) is 5.03. The van der Waals surface area contributed by atoms with Crippen LogP contribution in [0.15, 0.2) is 28.6 Å². The SMILES string of the molecule is CCOC(=O)C(CSc1nc2ccccc2s1)NC(C)C. The van der Waals surface area contributed by atoms with E-state index in [-0.39, 0.29) is 18.1 Å². The van der Waals surface area contributed by atoms with Gasteiger partial charge in [0.25, 0.3) is 0 Å². The number of hydrogen-bond acceptors (Lipinski definition) is 6. The van der Waals surface area contributed by atoms with Crippen molar-refractivity contribution in [3.63, 3.8) is 0 Å². The first-order valence-electron chi connectivity index (χ1n) is 7.01. The van der Waals surface area contributed by atoms with Crippen molar-refractivity contribution >= 4 is 39.3 Å². The van der Waals surface area contributed by atoms with E-state index in [0.717, 1.165) is 9.86 Å². The van der Waals surface area contributed by atoms with Gasteiger partial charge in [-0.3, -0.25) is 4.79 Å². The number of hydrogen-bond donors (Lipinski definition) is 1. The van der Waals surface area contributed by atoms with Crippen molar-refractivity contribution in [2.24, 2.45) is 0 Å². The standard InChI is InChI=1S/C15H20N2O2S2/c1-4-19-14(18)12(16-10(2)3)9-20-15-17-11-7-5-6-8-13(11)21-15/h5-8,10,12,16H,4,9H2,1-3H3. The molecule has 21 heavy (non-hydrogen) atoms. The third kappa shape index (κ3) is 4.69. The topological polar surface area (TPSA) is 51.2 Å². The minimum absolute atomic E-state index is 0.195. The van der Waals surface area contributed by atoms with Crippen molar-refractivity contribution < 1.29 is 9.53 Å². The molecule has 1 unspecified atom stereocenters. The Balaban J connectivity index is 2.01. The number of carbonyl (C=O) groups excluding carboxylic acids is 1. The highest BCUT2D eigenvalue weighted by Gasteiger charge is 2.21. The lowest BCUT2D eigenvalue weighted by Crippen LogP contribution is -2.43. The van der Waals surface area contributed by atoms with Crippen LogP contribution >= 0.6 is 23.1 Å². The van der Waals surface area contributed by atoms with Crippen LogP contribution in [0.4, 0.5) is 0 Å². The third-order valence-electron chi connectivity index (χ3n) is 2.75. The fraction of sp³-hybridized carbons (Fsp3) is 0.467. The molecule has 2 rings (SSSR count). The molecule has 1 aromatic carbocycles. The van der Waals surface area contributed by atoms with Crippen molar-refractivity contribution in [1.29, 1.82) is 0 Å². The first-order valence-corrected chi connectivity index (χ1v) is 8.81. The number of esters is 1. The second kappa shape index (κ2) is 7.77. The number of thiazole rings is 1. The van der Waals surface area contributed by atoms with Gasteiger partial charge in [-0.15, -0.1) is 11.3 Å².